The summed E-state index contributed by atoms with van der Waals surface area (Å²) in [5, 5.41) is 10.9. The number of aromatic nitrogens is 3. The SMILES string of the molecule is Cc1nnc(S[C@H](C)C(=O)Nc2ccc(F)c(F)c2)n1Cc1ccccc1. The Kier molecular flexibility index (Phi) is 5.85. The number of nitrogens with zero attached hydrogens (tertiary/aromatic N) is 3. The summed E-state index contributed by atoms with van der Waals surface area (Å²) in [5.74, 6) is -1.56. The predicted molar refractivity (Wildman–Crippen MR) is 101 cm³/mol. The van der Waals surface area contributed by atoms with Crippen molar-refractivity contribution in [2.45, 2.75) is 30.8 Å². The highest BCUT2D eigenvalue weighted by Crippen LogP contribution is 2.24. The molecule has 3 rings (SSSR count). The molecule has 0 spiro atoms. The predicted octanol–water partition coefficient (Wildman–Crippen LogP) is 4.03. The van der Waals surface area contributed by atoms with Crippen LogP contribution in [0.15, 0.2) is 53.7 Å². The molecule has 0 saturated carbocycles. The second-order valence-corrected chi connectivity index (χ2v) is 7.29. The lowest BCUT2D eigenvalue weighted by atomic mass is 10.2. The Morgan fingerprint density at radius 3 is 2.59 bits per heavy atom. The first-order chi connectivity index (χ1) is 12.9. The summed E-state index contributed by atoms with van der Waals surface area (Å²) in [6.45, 7) is 4.17. The quantitative estimate of drug-likeness (QED) is 0.648. The third-order valence-electron chi connectivity index (χ3n) is 3.92. The fourth-order valence-electron chi connectivity index (χ4n) is 2.43. The lowest BCUT2D eigenvalue weighted by Gasteiger charge is -2.13. The van der Waals surface area contributed by atoms with Gasteiger partial charge in [-0.05, 0) is 31.5 Å². The molecule has 8 heteroatoms. The molecule has 2 aromatic carbocycles. The number of carbonyl (C=O) groups excluding carboxylic acids is 1. The molecule has 0 aliphatic rings. The maximum absolute atomic E-state index is 13.3. The first-order valence-corrected chi connectivity index (χ1v) is 9.18. The van der Waals surface area contributed by atoms with E-state index in [0.29, 0.717) is 11.7 Å². The third-order valence-corrected chi connectivity index (χ3v) is 5.00. The summed E-state index contributed by atoms with van der Waals surface area (Å²) in [4.78, 5) is 12.4. The number of amides is 1. The van der Waals surface area contributed by atoms with E-state index in [9.17, 15) is 13.6 Å². The summed E-state index contributed by atoms with van der Waals surface area (Å²) in [6.07, 6.45) is 0. The zero-order chi connectivity index (χ0) is 19.4. The van der Waals surface area contributed by atoms with Crippen molar-refractivity contribution in [2.75, 3.05) is 5.32 Å². The Morgan fingerprint density at radius 2 is 1.89 bits per heavy atom. The van der Waals surface area contributed by atoms with Gasteiger partial charge in [-0.3, -0.25) is 4.79 Å². The number of rotatable bonds is 6. The maximum atomic E-state index is 13.3. The maximum Gasteiger partial charge on any atom is 0.237 e. The van der Waals surface area contributed by atoms with Crippen molar-refractivity contribution in [3.63, 3.8) is 0 Å². The molecule has 1 aromatic heterocycles. The molecule has 0 fully saturated rings. The van der Waals surface area contributed by atoms with Gasteiger partial charge in [0.05, 0.1) is 11.8 Å². The monoisotopic (exact) mass is 388 g/mol. The number of halogens is 2. The van der Waals surface area contributed by atoms with Crippen molar-refractivity contribution >= 4 is 23.4 Å². The van der Waals surface area contributed by atoms with Gasteiger partial charge in [0.1, 0.15) is 5.82 Å². The van der Waals surface area contributed by atoms with Crippen molar-refractivity contribution in [3.05, 3.63) is 71.6 Å². The molecule has 140 valence electrons. The average Bonchev–Trinajstić information content (AvgIpc) is 2.99. The topological polar surface area (TPSA) is 59.8 Å². The van der Waals surface area contributed by atoms with E-state index < -0.39 is 16.9 Å². The molecule has 1 amide bonds. The van der Waals surface area contributed by atoms with Crippen LogP contribution in [0.4, 0.5) is 14.5 Å². The highest BCUT2D eigenvalue weighted by atomic mass is 32.2. The molecule has 0 aliphatic carbocycles. The number of aryl methyl sites for hydroxylation is 1. The van der Waals surface area contributed by atoms with Gasteiger partial charge in [-0.15, -0.1) is 10.2 Å². The van der Waals surface area contributed by atoms with E-state index in [2.05, 4.69) is 15.5 Å². The van der Waals surface area contributed by atoms with E-state index in [-0.39, 0.29) is 11.6 Å². The minimum atomic E-state index is -1.01. The van der Waals surface area contributed by atoms with Crippen molar-refractivity contribution < 1.29 is 13.6 Å². The van der Waals surface area contributed by atoms with Gasteiger partial charge < -0.3 is 9.88 Å². The van der Waals surface area contributed by atoms with Gasteiger partial charge in [0.25, 0.3) is 0 Å². The van der Waals surface area contributed by atoms with Crippen molar-refractivity contribution in [1.29, 1.82) is 0 Å². The Bertz CT molecular complexity index is 946. The first kappa shape index (κ1) is 19.0. The number of anilines is 1. The highest BCUT2D eigenvalue weighted by molar-refractivity contribution is 8.00. The Morgan fingerprint density at radius 1 is 1.15 bits per heavy atom. The second-order valence-electron chi connectivity index (χ2n) is 5.98. The summed E-state index contributed by atoms with van der Waals surface area (Å²) in [6, 6.07) is 13.1. The van der Waals surface area contributed by atoms with Crippen molar-refractivity contribution in [3.8, 4) is 0 Å². The van der Waals surface area contributed by atoms with Crippen molar-refractivity contribution in [1.82, 2.24) is 14.8 Å². The number of nitrogens with one attached hydrogen (secondary N) is 1. The molecule has 1 atom stereocenters. The van der Waals surface area contributed by atoms with Gasteiger partial charge >= 0.3 is 0 Å². The molecule has 0 radical (unpaired) electrons. The van der Waals surface area contributed by atoms with Crippen LogP contribution in [-0.2, 0) is 11.3 Å². The van der Waals surface area contributed by atoms with Crippen LogP contribution in [0.1, 0.15) is 18.3 Å². The van der Waals surface area contributed by atoms with E-state index >= 15 is 0 Å². The Labute approximate surface area is 159 Å². The molecule has 0 aliphatic heterocycles. The van der Waals surface area contributed by atoms with Gasteiger partial charge in [0.15, 0.2) is 16.8 Å². The van der Waals surface area contributed by atoms with Crippen LogP contribution in [0, 0.1) is 18.6 Å². The van der Waals surface area contributed by atoms with Crippen LogP contribution in [0.25, 0.3) is 0 Å². The smallest absolute Gasteiger partial charge is 0.237 e. The molecule has 0 saturated heterocycles. The van der Waals surface area contributed by atoms with Gasteiger partial charge in [0, 0.05) is 11.8 Å². The Balaban J connectivity index is 1.69. The van der Waals surface area contributed by atoms with E-state index in [1.807, 2.05) is 41.8 Å². The zero-order valence-electron chi connectivity index (χ0n) is 14.8. The van der Waals surface area contributed by atoms with Gasteiger partial charge in [-0.25, -0.2) is 8.78 Å². The molecule has 5 nitrogen and oxygen atoms in total. The van der Waals surface area contributed by atoms with Crippen LogP contribution in [0.3, 0.4) is 0 Å². The number of benzene rings is 2. The van der Waals surface area contributed by atoms with Crippen LogP contribution >= 0.6 is 11.8 Å². The lowest BCUT2D eigenvalue weighted by molar-refractivity contribution is -0.115. The standard InChI is InChI=1S/C19H18F2N4OS/c1-12(18(26)22-15-8-9-16(20)17(21)10-15)27-19-24-23-13(2)25(19)11-14-6-4-3-5-7-14/h3-10,12H,11H2,1-2H3,(H,22,26)/t12-/m1/s1. The van der Waals surface area contributed by atoms with Crippen LogP contribution in [-0.4, -0.2) is 25.9 Å². The van der Waals surface area contributed by atoms with E-state index in [1.165, 1.54) is 17.8 Å². The van der Waals surface area contributed by atoms with Crippen LogP contribution in [0.2, 0.25) is 0 Å². The normalized spacial score (nSPS) is 12.0. The highest BCUT2D eigenvalue weighted by Gasteiger charge is 2.20. The summed E-state index contributed by atoms with van der Waals surface area (Å²) < 4.78 is 28.2. The number of hydrogen-bond donors (Lipinski definition) is 1. The van der Waals surface area contributed by atoms with Crippen LogP contribution < -0.4 is 5.32 Å². The van der Waals surface area contributed by atoms with E-state index in [0.717, 1.165) is 23.5 Å². The molecule has 1 N–H and O–H groups in total. The second kappa shape index (κ2) is 8.30. The lowest BCUT2D eigenvalue weighted by Crippen LogP contribution is -2.23. The van der Waals surface area contributed by atoms with E-state index in [4.69, 9.17) is 0 Å². The number of thioether (sulfide) groups is 1. The summed E-state index contributed by atoms with van der Waals surface area (Å²) in [5.41, 5.74) is 1.30. The Hall–Kier alpha value is -2.74. The minimum absolute atomic E-state index is 0.202. The largest absolute Gasteiger partial charge is 0.325 e. The molecule has 27 heavy (non-hydrogen) atoms. The minimum Gasteiger partial charge on any atom is -0.325 e. The van der Waals surface area contributed by atoms with Gasteiger partial charge in [-0.1, -0.05) is 42.1 Å². The fourth-order valence-corrected chi connectivity index (χ4v) is 3.32. The fraction of sp³-hybridized carbons (Fsp3) is 0.211. The van der Waals surface area contributed by atoms with Crippen molar-refractivity contribution in [2.24, 2.45) is 0 Å². The van der Waals surface area contributed by atoms with Gasteiger partial charge in [0.2, 0.25) is 5.91 Å². The zero-order valence-corrected chi connectivity index (χ0v) is 15.6. The van der Waals surface area contributed by atoms with Crippen LogP contribution in [0.5, 0.6) is 0 Å². The third kappa shape index (κ3) is 4.71. The summed E-state index contributed by atoms with van der Waals surface area (Å²) in [7, 11) is 0. The number of carbonyl (C=O) groups is 1. The molecule has 1 heterocycles. The number of hydrogen-bond acceptors (Lipinski definition) is 4. The van der Waals surface area contributed by atoms with E-state index in [1.54, 1.807) is 6.92 Å². The first-order valence-electron chi connectivity index (χ1n) is 8.30. The van der Waals surface area contributed by atoms with Gasteiger partial charge in [-0.2, -0.15) is 0 Å². The molecule has 0 bridgehead atoms. The summed E-state index contributed by atoms with van der Waals surface area (Å²) >= 11 is 1.25. The molecular formula is C19H18F2N4OS. The molecular weight excluding hydrogens is 370 g/mol. The molecule has 3 aromatic rings. The molecule has 0 unspecified atom stereocenters. The average molecular weight is 388 g/mol.